The Balaban J connectivity index is 0.00000280. The second kappa shape index (κ2) is 11.3. The highest BCUT2D eigenvalue weighted by molar-refractivity contribution is 6.34. The quantitative estimate of drug-likeness (QED) is 0.356. The second-order valence-corrected chi connectivity index (χ2v) is 9.63. The summed E-state index contributed by atoms with van der Waals surface area (Å²) in [6.07, 6.45) is 13.0. The average Bonchev–Trinajstić information content (AvgIpc) is 3.66. The molecule has 1 aromatic carbocycles. The molecule has 0 bridgehead atoms. The number of pyridine rings is 2. The van der Waals surface area contributed by atoms with Gasteiger partial charge >= 0.3 is 11.8 Å². The van der Waals surface area contributed by atoms with Gasteiger partial charge in [0.25, 0.3) is 0 Å². The minimum absolute atomic E-state index is 0. The molecule has 0 amide bonds. The second-order valence-electron chi connectivity index (χ2n) is 9.25. The number of para-hydroxylation sites is 1. The van der Waals surface area contributed by atoms with Crippen LogP contribution in [-0.4, -0.2) is 36.1 Å². The molecule has 0 spiro atoms. The van der Waals surface area contributed by atoms with Gasteiger partial charge in [0, 0.05) is 54.7 Å². The summed E-state index contributed by atoms with van der Waals surface area (Å²) in [6.45, 7) is 4.42. The van der Waals surface area contributed by atoms with Crippen LogP contribution in [0, 0.1) is 0 Å². The lowest BCUT2D eigenvalue weighted by molar-refractivity contribution is -0.614. The van der Waals surface area contributed by atoms with Gasteiger partial charge in [0.05, 0.1) is 24.8 Å². The van der Waals surface area contributed by atoms with Gasteiger partial charge < -0.3 is 27.5 Å². The van der Waals surface area contributed by atoms with E-state index in [1.54, 1.807) is 0 Å². The van der Waals surface area contributed by atoms with Gasteiger partial charge in [0.2, 0.25) is 0 Å². The third-order valence-electron chi connectivity index (χ3n) is 6.84. The molecule has 2 fully saturated rings. The van der Waals surface area contributed by atoms with E-state index in [9.17, 15) is 0 Å². The van der Waals surface area contributed by atoms with Gasteiger partial charge in [-0.2, -0.15) is 4.57 Å². The molecule has 190 valence electrons. The van der Waals surface area contributed by atoms with Crippen LogP contribution in [0.1, 0.15) is 25.7 Å². The van der Waals surface area contributed by atoms with Crippen LogP contribution in [0.4, 0.5) is 22.9 Å². The summed E-state index contributed by atoms with van der Waals surface area (Å²) >= 11 is 6.86. The molecule has 0 N–H and O–H groups in total. The predicted molar refractivity (Wildman–Crippen MR) is 142 cm³/mol. The summed E-state index contributed by atoms with van der Waals surface area (Å²) in [5, 5.41) is 5.16. The zero-order chi connectivity index (χ0) is 24.3. The molecule has 2 aliphatic rings. The summed E-state index contributed by atoms with van der Waals surface area (Å²) in [5.74, 6) is 1.56. The number of rotatable bonds is 6. The van der Waals surface area contributed by atoms with Gasteiger partial charge in [-0.25, -0.2) is 4.57 Å². The molecule has 9 heteroatoms. The lowest BCUT2D eigenvalue weighted by Gasteiger charge is -2.17. The van der Waals surface area contributed by atoms with Crippen molar-refractivity contribution in [1.82, 2.24) is 9.97 Å². The van der Waals surface area contributed by atoms with Gasteiger partial charge in [-0.05, 0) is 43.5 Å². The van der Waals surface area contributed by atoms with E-state index in [0.29, 0.717) is 22.6 Å². The summed E-state index contributed by atoms with van der Waals surface area (Å²) in [5.41, 5.74) is 3.23. The van der Waals surface area contributed by atoms with Crippen LogP contribution in [0.15, 0.2) is 79.4 Å². The fraction of sp³-hybridized carbons (Fsp3) is 0.286. The van der Waals surface area contributed by atoms with Crippen molar-refractivity contribution in [3.05, 3.63) is 89.7 Å². The first-order valence-electron chi connectivity index (χ1n) is 12.6. The van der Waals surface area contributed by atoms with E-state index in [4.69, 9.17) is 26.9 Å². The standard InChI is InChI=1S/C28H29ClN7.ClH/c29-25-26(30-22-8-2-1-3-9-22)31-28(36-20-12-24(13-21-36)34-16-6-7-17-34)32-27(25)35-18-10-23(11-19-35)33-14-4-5-15-33;/h1-3,8-13,18-21H,4-7,14-17H2;1H/q+1;/p-1. The molecule has 3 aromatic heterocycles. The first-order chi connectivity index (χ1) is 17.7. The minimum atomic E-state index is 0. The first kappa shape index (κ1) is 25.2. The lowest BCUT2D eigenvalue weighted by atomic mass is 10.3. The van der Waals surface area contributed by atoms with Crippen molar-refractivity contribution in [2.75, 3.05) is 36.0 Å². The predicted octanol–water partition coefficient (Wildman–Crippen LogP) is 2.22. The Labute approximate surface area is 228 Å². The Morgan fingerprint density at radius 3 is 1.73 bits per heavy atom. The van der Waals surface area contributed by atoms with Crippen molar-refractivity contribution in [3.63, 3.8) is 0 Å². The van der Waals surface area contributed by atoms with E-state index in [0.717, 1.165) is 31.9 Å². The van der Waals surface area contributed by atoms with Crippen LogP contribution in [0.25, 0.3) is 17.1 Å². The van der Waals surface area contributed by atoms with Gasteiger partial charge in [-0.15, -0.1) is 0 Å². The minimum Gasteiger partial charge on any atom is -1.00 e. The molecule has 0 aliphatic carbocycles. The average molecular weight is 534 g/mol. The fourth-order valence-corrected chi connectivity index (χ4v) is 5.11. The van der Waals surface area contributed by atoms with Gasteiger partial charge in [-0.3, -0.25) is 0 Å². The van der Waals surface area contributed by atoms with E-state index in [1.807, 2.05) is 64.3 Å². The molecule has 0 atom stereocenters. The van der Waals surface area contributed by atoms with Crippen LogP contribution < -0.4 is 31.3 Å². The van der Waals surface area contributed by atoms with Gasteiger partial charge in [0.15, 0.2) is 10.8 Å². The summed E-state index contributed by atoms with van der Waals surface area (Å²) in [6, 6.07) is 18.2. The maximum Gasteiger partial charge on any atom is 0.477 e. The number of benzene rings is 1. The first-order valence-corrected chi connectivity index (χ1v) is 13.0. The topological polar surface area (TPSA) is 54.1 Å². The highest BCUT2D eigenvalue weighted by atomic mass is 35.5. The molecule has 6 rings (SSSR count). The Morgan fingerprint density at radius 2 is 1.19 bits per heavy atom. The maximum absolute atomic E-state index is 6.86. The van der Waals surface area contributed by atoms with Crippen molar-refractivity contribution in [1.29, 1.82) is 0 Å². The maximum atomic E-state index is 6.86. The van der Waals surface area contributed by atoms with Crippen LogP contribution in [0.3, 0.4) is 0 Å². The third kappa shape index (κ3) is 5.48. The molecule has 7 nitrogen and oxygen atoms in total. The van der Waals surface area contributed by atoms with Crippen molar-refractivity contribution >= 4 is 34.5 Å². The lowest BCUT2D eigenvalue weighted by Crippen LogP contribution is -3.00. The normalized spacial score (nSPS) is 15.1. The van der Waals surface area contributed by atoms with E-state index in [-0.39, 0.29) is 12.4 Å². The number of hydrogen-bond acceptors (Lipinski definition) is 4. The van der Waals surface area contributed by atoms with Gasteiger partial charge in [0.1, 0.15) is 0 Å². The highest BCUT2D eigenvalue weighted by Gasteiger charge is 2.27. The summed E-state index contributed by atoms with van der Waals surface area (Å²) < 4.78 is 3.86. The van der Waals surface area contributed by atoms with E-state index < -0.39 is 0 Å². The molecular formula is C28H29Cl2N7. The Kier molecular flexibility index (Phi) is 7.72. The highest BCUT2D eigenvalue weighted by Crippen LogP contribution is 2.35. The third-order valence-corrected chi connectivity index (χ3v) is 7.18. The smallest absolute Gasteiger partial charge is 0.477 e. The summed E-state index contributed by atoms with van der Waals surface area (Å²) in [4.78, 5) is 14.4. The molecule has 0 radical (unpaired) electrons. The number of halogens is 2. The summed E-state index contributed by atoms with van der Waals surface area (Å²) in [7, 11) is 0. The van der Waals surface area contributed by atoms with Crippen molar-refractivity contribution < 1.29 is 21.5 Å². The Hall–Kier alpha value is -3.42. The number of nitrogens with zero attached hydrogens (tertiary/aromatic N) is 7. The number of hydrogen-bond donors (Lipinski definition) is 0. The number of anilines is 2. The Morgan fingerprint density at radius 1 is 0.676 bits per heavy atom. The molecule has 0 saturated carbocycles. The SMILES string of the molecule is Clc1c([N-]c2ccccc2)nc(-[n+]2ccc(N3CCCC3)cc2)nc1-[n+]1ccc(N2CCCC2)cc1.[Cl-]. The zero-order valence-electron chi connectivity index (χ0n) is 20.5. The van der Waals surface area contributed by atoms with Crippen LogP contribution in [-0.2, 0) is 0 Å². The van der Waals surface area contributed by atoms with E-state index in [2.05, 4.69) is 34.1 Å². The zero-order valence-corrected chi connectivity index (χ0v) is 22.1. The molecule has 37 heavy (non-hydrogen) atoms. The van der Waals surface area contributed by atoms with Crippen LogP contribution in [0.5, 0.6) is 0 Å². The largest absolute Gasteiger partial charge is 1.00 e. The molecule has 4 aromatic rings. The molecule has 2 aliphatic heterocycles. The monoisotopic (exact) mass is 533 g/mol. The molecule has 2 saturated heterocycles. The van der Waals surface area contributed by atoms with Gasteiger partial charge in [-0.1, -0.05) is 46.9 Å². The van der Waals surface area contributed by atoms with E-state index in [1.165, 1.54) is 37.1 Å². The molecular weight excluding hydrogens is 505 g/mol. The number of aromatic nitrogens is 4. The van der Waals surface area contributed by atoms with Crippen molar-refractivity contribution in [2.45, 2.75) is 25.7 Å². The van der Waals surface area contributed by atoms with Crippen molar-refractivity contribution in [3.8, 4) is 11.8 Å². The molecule has 5 heterocycles. The van der Waals surface area contributed by atoms with Crippen LogP contribution >= 0.6 is 11.6 Å². The Bertz CT molecular complexity index is 1320. The fourth-order valence-electron chi connectivity index (χ4n) is 4.88. The van der Waals surface area contributed by atoms with Crippen LogP contribution in [0.2, 0.25) is 5.02 Å². The van der Waals surface area contributed by atoms with E-state index >= 15 is 0 Å². The van der Waals surface area contributed by atoms with Crippen molar-refractivity contribution in [2.24, 2.45) is 0 Å². The molecule has 0 unspecified atom stereocenters.